The Morgan fingerprint density at radius 3 is 2.69 bits per heavy atom. The number of hydrazone groups is 1. The van der Waals surface area contributed by atoms with E-state index < -0.39 is 11.6 Å². The molecule has 0 bridgehead atoms. The van der Waals surface area contributed by atoms with Crippen LogP contribution in [0.3, 0.4) is 0 Å². The zero-order valence-electron chi connectivity index (χ0n) is 18.1. The van der Waals surface area contributed by atoms with Crippen molar-refractivity contribution in [2.45, 2.75) is 43.8 Å². The van der Waals surface area contributed by atoms with E-state index in [4.69, 9.17) is 9.84 Å². The molecule has 0 amide bonds. The van der Waals surface area contributed by atoms with E-state index >= 15 is 0 Å². The summed E-state index contributed by atoms with van der Waals surface area (Å²) in [6.45, 7) is 3.76. The lowest BCUT2D eigenvalue weighted by Crippen LogP contribution is -2.53. The van der Waals surface area contributed by atoms with Crippen LogP contribution in [0.5, 0.6) is 5.75 Å². The lowest BCUT2D eigenvalue weighted by Gasteiger charge is -2.41. The molecule has 2 aromatic rings. The van der Waals surface area contributed by atoms with Gasteiger partial charge in [0.1, 0.15) is 41.8 Å². The highest BCUT2D eigenvalue weighted by molar-refractivity contribution is 6.43. The molecule has 0 saturated carbocycles. The molecular weight excluding hydrogens is 412 g/mol. The number of hydrogen-bond acceptors (Lipinski definition) is 5. The standard InChI is InChI=1S/C25H27F2N3O2/c1-17(31)24-25(18-7-3-2-4-8-18,11-5-6-12-29-14-20(27)15-29)23-16-32-22-10-9-19(26)13-21(22)30(23)28-24/h2-4,7-10,13,20,23H,5-6,11-12,14-16H2,1H3/t23?,25-/m1/s1. The highest BCUT2D eigenvalue weighted by Gasteiger charge is 2.55. The van der Waals surface area contributed by atoms with Crippen molar-refractivity contribution >= 4 is 17.2 Å². The Kier molecular flexibility index (Phi) is 5.45. The number of benzene rings is 2. The average Bonchev–Trinajstić information content (AvgIpc) is 3.12. The zero-order valence-corrected chi connectivity index (χ0v) is 18.1. The molecule has 32 heavy (non-hydrogen) atoms. The molecule has 1 unspecified atom stereocenters. The SMILES string of the molecule is CC(=O)C1=NN2c3cc(F)ccc3OCC2[C@@]1(CCCCN1CC(F)C1)c1ccccc1. The van der Waals surface area contributed by atoms with Crippen molar-refractivity contribution in [3.8, 4) is 5.75 Å². The van der Waals surface area contributed by atoms with Gasteiger partial charge in [-0.05, 0) is 37.1 Å². The highest BCUT2D eigenvalue weighted by atomic mass is 19.1. The van der Waals surface area contributed by atoms with E-state index in [0.29, 0.717) is 43.3 Å². The quantitative estimate of drug-likeness (QED) is 0.609. The number of ether oxygens (including phenoxy) is 1. The molecule has 1 fully saturated rings. The topological polar surface area (TPSA) is 45.1 Å². The van der Waals surface area contributed by atoms with Gasteiger partial charge >= 0.3 is 0 Å². The van der Waals surface area contributed by atoms with E-state index in [1.54, 1.807) is 18.0 Å². The van der Waals surface area contributed by atoms with Gasteiger partial charge in [-0.1, -0.05) is 36.8 Å². The second-order valence-corrected chi connectivity index (χ2v) is 8.94. The Bertz CT molecular complexity index is 1040. The molecular formula is C25H27F2N3O2. The number of carbonyl (C=O) groups is 1. The van der Waals surface area contributed by atoms with Crippen molar-refractivity contribution in [1.82, 2.24) is 4.90 Å². The Morgan fingerprint density at radius 2 is 1.97 bits per heavy atom. The summed E-state index contributed by atoms with van der Waals surface area (Å²) < 4.78 is 33.3. The first kappa shape index (κ1) is 21.1. The number of anilines is 1. The summed E-state index contributed by atoms with van der Waals surface area (Å²) in [5.74, 6) is 0.103. The number of fused-ring (bicyclic) bond motifs is 3. The molecule has 0 aliphatic carbocycles. The van der Waals surface area contributed by atoms with Crippen molar-refractivity contribution < 1.29 is 18.3 Å². The van der Waals surface area contributed by atoms with Gasteiger partial charge in [0.15, 0.2) is 5.78 Å². The van der Waals surface area contributed by atoms with Gasteiger partial charge in [0.2, 0.25) is 0 Å². The van der Waals surface area contributed by atoms with Gasteiger partial charge in [0.05, 0.1) is 5.41 Å². The summed E-state index contributed by atoms with van der Waals surface area (Å²) >= 11 is 0. The number of rotatable bonds is 7. The van der Waals surface area contributed by atoms with Crippen LogP contribution in [0, 0.1) is 5.82 Å². The maximum absolute atomic E-state index is 14.1. The molecule has 0 N–H and O–H groups in total. The lowest BCUT2D eigenvalue weighted by molar-refractivity contribution is -0.111. The molecule has 7 heteroatoms. The van der Waals surface area contributed by atoms with Gasteiger partial charge in [0.25, 0.3) is 0 Å². The minimum absolute atomic E-state index is 0.0933. The molecule has 168 valence electrons. The van der Waals surface area contributed by atoms with E-state index in [-0.39, 0.29) is 17.6 Å². The number of alkyl halides is 1. The first-order valence-corrected chi connectivity index (χ1v) is 11.2. The first-order chi connectivity index (χ1) is 15.5. The number of Topliss-reactive ketones (excluding diaryl/α,β-unsaturated/α-hetero) is 1. The maximum Gasteiger partial charge on any atom is 0.176 e. The monoisotopic (exact) mass is 439 g/mol. The normalized spacial score (nSPS) is 24.9. The number of halogens is 2. The number of nitrogens with zero attached hydrogens (tertiary/aromatic N) is 3. The third-order valence-electron chi connectivity index (χ3n) is 6.89. The fraction of sp³-hybridized carbons (Fsp3) is 0.440. The van der Waals surface area contributed by atoms with Crippen LogP contribution in [0.25, 0.3) is 0 Å². The zero-order chi connectivity index (χ0) is 22.3. The van der Waals surface area contributed by atoms with Gasteiger partial charge in [-0.15, -0.1) is 0 Å². The third-order valence-corrected chi connectivity index (χ3v) is 6.89. The predicted octanol–water partition coefficient (Wildman–Crippen LogP) is 4.11. The summed E-state index contributed by atoms with van der Waals surface area (Å²) in [4.78, 5) is 15.0. The number of likely N-dealkylation sites (tertiary alicyclic amines) is 1. The van der Waals surface area contributed by atoms with Crippen molar-refractivity contribution in [3.05, 3.63) is 59.9 Å². The first-order valence-electron chi connectivity index (χ1n) is 11.2. The molecule has 5 rings (SSSR count). The molecule has 3 heterocycles. The van der Waals surface area contributed by atoms with Crippen molar-refractivity contribution in [1.29, 1.82) is 0 Å². The van der Waals surface area contributed by atoms with E-state index in [1.807, 2.05) is 30.3 Å². The Morgan fingerprint density at radius 1 is 1.19 bits per heavy atom. The Labute approximate surface area is 186 Å². The Hall–Kier alpha value is -2.80. The van der Waals surface area contributed by atoms with Gasteiger partial charge < -0.3 is 4.74 Å². The minimum Gasteiger partial charge on any atom is -0.489 e. The fourth-order valence-corrected chi connectivity index (χ4v) is 5.34. The average molecular weight is 440 g/mol. The lowest BCUT2D eigenvalue weighted by atomic mass is 9.67. The summed E-state index contributed by atoms with van der Waals surface area (Å²) in [5, 5.41) is 6.55. The summed E-state index contributed by atoms with van der Waals surface area (Å²) in [7, 11) is 0. The third kappa shape index (κ3) is 3.48. The summed E-state index contributed by atoms with van der Waals surface area (Å²) in [6.07, 6.45) is 1.77. The van der Waals surface area contributed by atoms with Crippen LogP contribution < -0.4 is 9.75 Å². The smallest absolute Gasteiger partial charge is 0.176 e. The van der Waals surface area contributed by atoms with E-state index in [0.717, 1.165) is 24.9 Å². The maximum atomic E-state index is 14.1. The fourth-order valence-electron chi connectivity index (χ4n) is 5.34. The predicted molar refractivity (Wildman–Crippen MR) is 120 cm³/mol. The van der Waals surface area contributed by atoms with Gasteiger partial charge in [-0.25, -0.2) is 8.78 Å². The van der Waals surface area contributed by atoms with Crippen LogP contribution in [0.1, 0.15) is 31.7 Å². The second kappa shape index (κ2) is 8.28. The van der Waals surface area contributed by atoms with Crippen molar-refractivity contribution in [3.63, 3.8) is 0 Å². The highest BCUT2D eigenvalue weighted by Crippen LogP contribution is 2.48. The molecule has 0 radical (unpaired) electrons. The molecule has 0 aromatic heterocycles. The van der Waals surface area contributed by atoms with Crippen LogP contribution in [0.15, 0.2) is 53.6 Å². The van der Waals surface area contributed by atoms with Crippen LogP contribution in [0.4, 0.5) is 14.5 Å². The molecule has 2 atom stereocenters. The van der Waals surface area contributed by atoms with Gasteiger partial charge in [0, 0.05) is 26.1 Å². The van der Waals surface area contributed by atoms with E-state index in [2.05, 4.69) is 4.90 Å². The van der Waals surface area contributed by atoms with Crippen LogP contribution in [-0.2, 0) is 10.2 Å². The van der Waals surface area contributed by atoms with Gasteiger partial charge in [-0.3, -0.25) is 14.7 Å². The van der Waals surface area contributed by atoms with E-state index in [9.17, 15) is 13.6 Å². The number of unbranched alkanes of at least 4 members (excludes halogenated alkanes) is 1. The molecule has 2 aromatic carbocycles. The van der Waals surface area contributed by atoms with Crippen molar-refractivity contribution in [2.75, 3.05) is 31.3 Å². The Balaban J connectivity index is 1.50. The van der Waals surface area contributed by atoms with E-state index in [1.165, 1.54) is 12.1 Å². The molecule has 5 nitrogen and oxygen atoms in total. The number of hydrogen-bond donors (Lipinski definition) is 0. The van der Waals surface area contributed by atoms with Gasteiger partial charge in [-0.2, -0.15) is 5.10 Å². The molecule has 3 aliphatic heterocycles. The number of carbonyl (C=O) groups excluding carboxylic acids is 1. The minimum atomic E-state index is -0.703. The van der Waals surface area contributed by atoms with Crippen LogP contribution in [0.2, 0.25) is 0 Å². The van der Waals surface area contributed by atoms with Crippen molar-refractivity contribution in [2.24, 2.45) is 5.10 Å². The van der Waals surface area contributed by atoms with Crippen LogP contribution in [-0.4, -0.2) is 54.8 Å². The number of ketones is 1. The summed E-state index contributed by atoms with van der Waals surface area (Å²) in [6, 6.07) is 14.1. The second-order valence-electron chi connectivity index (χ2n) is 8.94. The summed E-state index contributed by atoms with van der Waals surface area (Å²) in [5.41, 5.74) is 1.39. The molecule has 0 spiro atoms. The molecule has 3 aliphatic rings. The van der Waals surface area contributed by atoms with Crippen LogP contribution >= 0.6 is 0 Å². The molecule has 1 saturated heterocycles. The largest absolute Gasteiger partial charge is 0.489 e.